The summed E-state index contributed by atoms with van der Waals surface area (Å²) >= 11 is 0. The van der Waals surface area contributed by atoms with E-state index in [2.05, 4.69) is 41.4 Å². The molecule has 1 aliphatic heterocycles. The molecule has 3 nitrogen and oxygen atoms in total. The number of rotatable bonds is 4. The van der Waals surface area contributed by atoms with Crippen LogP contribution in [0.5, 0.6) is 0 Å². The highest BCUT2D eigenvalue weighted by Gasteiger charge is 2.26. The van der Waals surface area contributed by atoms with Crippen LogP contribution < -0.4 is 10.2 Å². The van der Waals surface area contributed by atoms with Gasteiger partial charge in [-0.25, -0.2) is 0 Å². The fourth-order valence-electron chi connectivity index (χ4n) is 3.33. The second-order valence-electron chi connectivity index (χ2n) is 6.29. The van der Waals surface area contributed by atoms with E-state index >= 15 is 0 Å². The molecule has 1 saturated carbocycles. The van der Waals surface area contributed by atoms with Crippen molar-refractivity contribution >= 4 is 22.3 Å². The molecule has 0 radical (unpaired) electrons. The third-order valence-electron chi connectivity index (χ3n) is 4.65. The van der Waals surface area contributed by atoms with Gasteiger partial charge in [-0.3, -0.25) is 4.98 Å². The first-order valence-electron chi connectivity index (χ1n) is 8.28. The van der Waals surface area contributed by atoms with Crippen LogP contribution in [0.3, 0.4) is 0 Å². The Hall–Kier alpha value is -1.77. The van der Waals surface area contributed by atoms with Crippen molar-refractivity contribution < 1.29 is 0 Å². The van der Waals surface area contributed by atoms with Crippen LogP contribution in [-0.2, 0) is 0 Å². The summed E-state index contributed by atoms with van der Waals surface area (Å²) in [6.07, 6.45) is 5.24. The van der Waals surface area contributed by atoms with Gasteiger partial charge in [-0.1, -0.05) is 0 Å². The molecule has 0 unspecified atom stereocenters. The van der Waals surface area contributed by atoms with Crippen LogP contribution in [0.15, 0.2) is 24.3 Å². The predicted molar refractivity (Wildman–Crippen MR) is 89.3 cm³/mol. The van der Waals surface area contributed by atoms with Gasteiger partial charge in [0.15, 0.2) is 0 Å². The fraction of sp³-hybridized carbons (Fsp3) is 0.500. The first-order chi connectivity index (χ1) is 10.3. The number of nitrogens with one attached hydrogen (secondary N) is 1. The summed E-state index contributed by atoms with van der Waals surface area (Å²) in [7, 11) is 0. The third kappa shape index (κ3) is 2.45. The number of fused-ring (bicyclic) bond motifs is 1. The molecule has 110 valence electrons. The van der Waals surface area contributed by atoms with E-state index in [1.807, 2.05) is 0 Å². The Morgan fingerprint density at radius 3 is 2.71 bits per heavy atom. The molecule has 2 aromatic rings. The standard InChI is InChI=1S/C18H23N3/c1-2-19-18-12-17(13-5-6-13)20-16-8-7-14(11-15(16)18)21-9-3-4-10-21/h7-8,11-13H,2-6,9-10H2,1H3,(H,19,20). The van der Waals surface area contributed by atoms with E-state index in [1.165, 1.54) is 61.2 Å². The van der Waals surface area contributed by atoms with E-state index in [0.717, 1.165) is 12.1 Å². The van der Waals surface area contributed by atoms with E-state index in [9.17, 15) is 0 Å². The lowest BCUT2D eigenvalue weighted by Gasteiger charge is -2.19. The average molecular weight is 281 g/mol. The second kappa shape index (κ2) is 5.21. The first kappa shape index (κ1) is 12.9. The van der Waals surface area contributed by atoms with Crippen LogP contribution in [0.4, 0.5) is 11.4 Å². The number of benzene rings is 1. The van der Waals surface area contributed by atoms with Crippen LogP contribution in [0.1, 0.15) is 44.2 Å². The summed E-state index contributed by atoms with van der Waals surface area (Å²) in [5.74, 6) is 0.699. The minimum atomic E-state index is 0.699. The number of aromatic nitrogens is 1. The average Bonchev–Trinajstić information content (AvgIpc) is 3.22. The summed E-state index contributed by atoms with van der Waals surface area (Å²) in [5, 5.41) is 4.80. The lowest BCUT2D eigenvalue weighted by atomic mass is 10.1. The van der Waals surface area contributed by atoms with Crippen molar-refractivity contribution in [3.05, 3.63) is 30.0 Å². The lowest BCUT2D eigenvalue weighted by Crippen LogP contribution is -2.17. The zero-order valence-corrected chi connectivity index (χ0v) is 12.7. The van der Waals surface area contributed by atoms with Gasteiger partial charge in [0, 0.05) is 48.0 Å². The van der Waals surface area contributed by atoms with E-state index in [4.69, 9.17) is 4.98 Å². The van der Waals surface area contributed by atoms with Gasteiger partial charge in [0.2, 0.25) is 0 Å². The Balaban J connectivity index is 1.80. The number of anilines is 2. The van der Waals surface area contributed by atoms with Crippen molar-refractivity contribution in [2.24, 2.45) is 0 Å². The number of hydrogen-bond acceptors (Lipinski definition) is 3. The highest BCUT2D eigenvalue weighted by atomic mass is 15.1. The van der Waals surface area contributed by atoms with Gasteiger partial charge in [0.1, 0.15) is 0 Å². The van der Waals surface area contributed by atoms with E-state index in [-0.39, 0.29) is 0 Å². The van der Waals surface area contributed by atoms with Gasteiger partial charge in [0.25, 0.3) is 0 Å². The van der Waals surface area contributed by atoms with Crippen molar-refractivity contribution in [1.82, 2.24) is 4.98 Å². The second-order valence-corrected chi connectivity index (χ2v) is 6.29. The van der Waals surface area contributed by atoms with Crippen LogP contribution in [-0.4, -0.2) is 24.6 Å². The Morgan fingerprint density at radius 2 is 2.00 bits per heavy atom. The molecule has 2 heterocycles. The molecule has 0 spiro atoms. The SMILES string of the molecule is CCNc1cc(C2CC2)nc2ccc(N3CCCC3)cc12. The maximum absolute atomic E-state index is 4.89. The molecule has 2 fully saturated rings. The van der Waals surface area contributed by atoms with Gasteiger partial charge in [-0.05, 0) is 56.9 Å². The summed E-state index contributed by atoms with van der Waals surface area (Å²) in [4.78, 5) is 7.38. The quantitative estimate of drug-likeness (QED) is 0.912. The molecule has 0 atom stereocenters. The Morgan fingerprint density at radius 1 is 1.19 bits per heavy atom. The molecular weight excluding hydrogens is 258 g/mol. The summed E-state index contributed by atoms with van der Waals surface area (Å²) in [5.41, 5.74) is 5.01. The smallest absolute Gasteiger partial charge is 0.0727 e. The third-order valence-corrected chi connectivity index (χ3v) is 4.65. The Bertz CT molecular complexity index is 655. The molecule has 1 saturated heterocycles. The van der Waals surface area contributed by atoms with Crippen molar-refractivity contribution in [1.29, 1.82) is 0 Å². The predicted octanol–water partition coefficient (Wildman–Crippen LogP) is 4.14. The summed E-state index contributed by atoms with van der Waals surface area (Å²) in [6.45, 7) is 5.50. The number of hydrogen-bond donors (Lipinski definition) is 1. The number of nitrogens with zero attached hydrogens (tertiary/aromatic N) is 2. The van der Waals surface area contributed by atoms with E-state index in [0.29, 0.717) is 5.92 Å². The highest BCUT2D eigenvalue weighted by Crippen LogP contribution is 2.41. The summed E-state index contributed by atoms with van der Waals surface area (Å²) in [6, 6.07) is 9.04. The normalized spacial score (nSPS) is 18.4. The molecule has 1 aliphatic carbocycles. The van der Waals surface area contributed by atoms with Gasteiger partial charge >= 0.3 is 0 Å². The Labute approximate surface area is 126 Å². The minimum Gasteiger partial charge on any atom is -0.385 e. The zero-order valence-electron chi connectivity index (χ0n) is 12.7. The topological polar surface area (TPSA) is 28.2 Å². The van der Waals surface area contributed by atoms with Gasteiger partial charge < -0.3 is 10.2 Å². The van der Waals surface area contributed by atoms with Gasteiger partial charge in [-0.2, -0.15) is 0 Å². The fourth-order valence-corrected chi connectivity index (χ4v) is 3.33. The number of pyridine rings is 1. The monoisotopic (exact) mass is 281 g/mol. The molecular formula is C18H23N3. The maximum atomic E-state index is 4.89. The molecule has 2 aliphatic rings. The minimum absolute atomic E-state index is 0.699. The molecule has 1 aromatic heterocycles. The Kier molecular flexibility index (Phi) is 3.21. The zero-order chi connectivity index (χ0) is 14.2. The largest absolute Gasteiger partial charge is 0.385 e. The molecule has 3 heteroatoms. The molecule has 1 N–H and O–H groups in total. The van der Waals surface area contributed by atoms with Crippen molar-refractivity contribution in [3.8, 4) is 0 Å². The molecule has 1 aromatic carbocycles. The van der Waals surface area contributed by atoms with Crippen LogP contribution in [0, 0.1) is 0 Å². The van der Waals surface area contributed by atoms with Gasteiger partial charge in [-0.15, -0.1) is 0 Å². The summed E-state index contributed by atoms with van der Waals surface area (Å²) < 4.78 is 0. The lowest BCUT2D eigenvalue weighted by molar-refractivity contribution is 0.949. The molecule has 0 amide bonds. The molecule has 4 rings (SSSR count). The first-order valence-corrected chi connectivity index (χ1v) is 8.28. The van der Waals surface area contributed by atoms with Crippen LogP contribution in [0.2, 0.25) is 0 Å². The van der Waals surface area contributed by atoms with Crippen LogP contribution in [0.25, 0.3) is 10.9 Å². The van der Waals surface area contributed by atoms with E-state index < -0.39 is 0 Å². The van der Waals surface area contributed by atoms with Crippen molar-refractivity contribution in [2.75, 3.05) is 29.9 Å². The molecule has 21 heavy (non-hydrogen) atoms. The van der Waals surface area contributed by atoms with Crippen LogP contribution >= 0.6 is 0 Å². The van der Waals surface area contributed by atoms with E-state index in [1.54, 1.807) is 0 Å². The highest BCUT2D eigenvalue weighted by molar-refractivity contribution is 5.94. The van der Waals surface area contributed by atoms with Gasteiger partial charge in [0.05, 0.1) is 5.52 Å². The van der Waals surface area contributed by atoms with Crippen molar-refractivity contribution in [2.45, 2.75) is 38.5 Å². The maximum Gasteiger partial charge on any atom is 0.0727 e. The molecule has 0 bridgehead atoms. The van der Waals surface area contributed by atoms with Crippen molar-refractivity contribution in [3.63, 3.8) is 0 Å².